The van der Waals surface area contributed by atoms with Crippen molar-refractivity contribution >= 4 is 17.0 Å². The molecule has 32 heavy (non-hydrogen) atoms. The first kappa shape index (κ1) is 21.2. The van der Waals surface area contributed by atoms with Gasteiger partial charge in [0.1, 0.15) is 17.2 Å². The van der Waals surface area contributed by atoms with Crippen molar-refractivity contribution in [1.29, 1.82) is 0 Å². The van der Waals surface area contributed by atoms with Crippen molar-refractivity contribution in [2.75, 3.05) is 6.61 Å². The number of esters is 1. The average molecular weight is 433 g/mol. The van der Waals surface area contributed by atoms with E-state index >= 15 is 0 Å². The zero-order valence-corrected chi connectivity index (χ0v) is 17.3. The van der Waals surface area contributed by atoms with Gasteiger partial charge in [0.25, 0.3) is 5.56 Å². The monoisotopic (exact) mass is 433 g/mol. The summed E-state index contributed by atoms with van der Waals surface area (Å²) in [6.45, 7) is 1.90. The third kappa shape index (κ3) is 4.07. The maximum atomic E-state index is 13.3. The van der Waals surface area contributed by atoms with Crippen molar-refractivity contribution in [1.82, 2.24) is 14.5 Å². The number of aryl methyl sites for hydroxylation is 2. The highest BCUT2D eigenvalue weighted by atomic mass is 19.1. The van der Waals surface area contributed by atoms with Crippen LogP contribution in [-0.4, -0.2) is 32.2 Å². The minimum atomic E-state index is -0.901. The summed E-state index contributed by atoms with van der Waals surface area (Å²) >= 11 is 0. The summed E-state index contributed by atoms with van der Waals surface area (Å²) in [7, 11) is 0. The maximum absolute atomic E-state index is 13.3. The Morgan fingerprint density at radius 1 is 1.12 bits per heavy atom. The number of halogens is 1. The van der Waals surface area contributed by atoms with Crippen LogP contribution in [-0.2, 0) is 17.7 Å². The highest BCUT2D eigenvalue weighted by Crippen LogP contribution is 2.30. The van der Waals surface area contributed by atoms with E-state index in [4.69, 9.17) is 4.74 Å². The van der Waals surface area contributed by atoms with Crippen LogP contribution in [0.15, 0.2) is 65.8 Å². The predicted molar refractivity (Wildman–Crippen MR) is 117 cm³/mol. The van der Waals surface area contributed by atoms with E-state index in [9.17, 15) is 19.1 Å². The molecule has 1 aromatic carbocycles. The van der Waals surface area contributed by atoms with Crippen molar-refractivity contribution in [3.63, 3.8) is 0 Å². The van der Waals surface area contributed by atoms with E-state index in [1.165, 1.54) is 16.7 Å². The van der Waals surface area contributed by atoms with Crippen LogP contribution < -0.4 is 5.56 Å². The van der Waals surface area contributed by atoms with Gasteiger partial charge in [-0.1, -0.05) is 12.1 Å². The molecule has 7 nitrogen and oxygen atoms in total. The molecule has 3 heterocycles. The van der Waals surface area contributed by atoms with Crippen molar-refractivity contribution in [2.24, 2.45) is 0 Å². The first-order valence-electron chi connectivity index (χ1n) is 10.1. The lowest BCUT2D eigenvalue weighted by atomic mass is 10.0. The summed E-state index contributed by atoms with van der Waals surface area (Å²) < 4.78 is 19.7. The fourth-order valence-electron chi connectivity index (χ4n) is 3.50. The molecule has 1 N–H and O–H groups in total. The molecule has 162 valence electrons. The Morgan fingerprint density at radius 3 is 2.53 bits per heavy atom. The summed E-state index contributed by atoms with van der Waals surface area (Å²) in [5, 5.41) is 11.1. The minimum absolute atomic E-state index is 0.0562. The smallest absolute Gasteiger partial charge is 0.347 e. The number of nitrogens with zero attached hydrogens (tertiary/aromatic N) is 3. The number of hydrogen-bond donors (Lipinski definition) is 1. The number of ether oxygens (including phenoxy) is 1. The summed E-state index contributed by atoms with van der Waals surface area (Å²) in [6, 6.07) is 11.1. The second kappa shape index (κ2) is 8.97. The van der Waals surface area contributed by atoms with Crippen molar-refractivity contribution in [3.05, 3.63) is 88.4 Å². The second-order valence-corrected chi connectivity index (χ2v) is 7.11. The molecule has 0 saturated heterocycles. The number of rotatable bonds is 6. The van der Waals surface area contributed by atoms with Crippen LogP contribution in [0.5, 0.6) is 5.75 Å². The molecule has 0 aliphatic heterocycles. The number of carbonyl (C=O) groups excluding carboxylic acids is 1. The lowest BCUT2D eigenvalue weighted by molar-refractivity contribution is 0.0520. The summed E-state index contributed by atoms with van der Waals surface area (Å²) in [6.07, 6.45) is 5.35. The molecule has 8 heteroatoms. The molecule has 0 spiro atoms. The molecular weight excluding hydrogens is 413 g/mol. The molecule has 0 fully saturated rings. The van der Waals surface area contributed by atoms with Gasteiger partial charge in [0.15, 0.2) is 5.56 Å². The number of carbonyl (C=O) groups is 1. The van der Waals surface area contributed by atoms with Gasteiger partial charge in [-0.15, -0.1) is 0 Å². The summed E-state index contributed by atoms with van der Waals surface area (Å²) in [4.78, 5) is 34.0. The minimum Gasteiger partial charge on any atom is -0.506 e. The topological polar surface area (TPSA) is 94.3 Å². The highest BCUT2D eigenvalue weighted by molar-refractivity contribution is 5.99. The van der Waals surface area contributed by atoms with Gasteiger partial charge in [-0.3, -0.25) is 14.3 Å². The Bertz CT molecular complexity index is 1340. The Kier molecular flexibility index (Phi) is 5.93. The van der Waals surface area contributed by atoms with Crippen LogP contribution in [0.1, 0.15) is 22.8 Å². The van der Waals surface area contributed by atoms with Crippen LogP contribution >= 0.6 is 0 Å². The summed E-state index contributed by atoms with van der Waals surface area (Å²) in [5.74, 6) is -1.76. The summed E-state index contributed by atoms with van der Waals surface area (Å²) in [5.41, 5.74) is 1.35. The van der Waals surface area contributed by atoms with E-state index < -0.39 is 22.8 Å². The molecule has 0 amide bonds. The van der Waals surface area contributed by atoms with Gasteiger partial charge in [-0.05, 0) is 54.8 Å². The third-order valence-corrected chi connectivity index (χ3v) is 5.10. The molecule has 0 aliphatic carbocycles. The molecule has 3 aromatic heterocycles. The van der Waals surface area contributed by atoms with E-state index in [0.29, 0.717) is 17.5 Å². The third-order valence-electron chi connectivity index (χ3n) is 5.10. The second-order valence-electron chi connectivity index (χ2n) is 7.11. The number of hydrogen-bond acceptors (Lipinski definition) is 6. The maximum Gasteiger partial charge on any atom is 0.347 e. The Hall–Kier alpha value is -4.07. The molecule has 0 atom stereocenters. The van der Waals surface area contributed by atoms with Gasteiger partial charge in [-0.2, -0.15) is 0 Å². The van der Waals surface area contributed by atoms with Crippen LogP contribution in [0.2, 0.25) is 0 Å². The van der Waals surface area contributed by atoms with Gasteiger partial charge in [0.2, 0.25) is 0 Å². The molecule has 0 radical (unpaired) electrons. The molecular formula is C24H20FN3O4. The highest BCUT2D eigenvalue weighted by Gasteiger charge is 2.24. The largest absolute Gasteiger partial charge is 0.506 e. The molecule has 0 unspecified atom stereocenters. The molecule has 0 aliphatic rings. The molecule has 4 rings (SSSR count). The number of aromatic hydroxyl groups is 1. The van der Waals surface area contributed by atoms with Crippen LogP contribution in [0.3, 0.4) is 0 Å². The first-order valence-corrected chi connectivity index (χ1v) is 10.1. The van der Waals surface area contributed by atoms with E-state index in [1.54, 1.807) is 43.7 Å². The lowest BCUT2D eigenvalue weighted by Crippen LogP contribution is -2.29. The van der Waals surface area contributed by atoms with Crippen molar-refractivity contribution < 1.29 is 19.0 Å². The SMILES string of the molecule is CCOC(=O)c1c(O)c2cc(-c3ccc(F)cc3)cnc2n(CCc2ccncc2)c1=O. The first-order chi connectivity index (χ1) is 15.5. The van der Waals surface area contributed by atoms with E-state index in [2.05, 4.69) is 9.97 Å². The normalized spacial score (nSPS) is 10.9. The Balaban J connectivity index is 1.88. The zero-order valence-electron chi connectivity index (χ0n) is 17.3. The number of pyridine rings is 3. The lowest BCUT2D eigenvalue weighted by Gasteiger charge is -2.15. The van der Waals surface area contributed by atoms with Gasteiger partial charge in [0.05, 0.1) is 12.0 Å². The van der Waals surface area contributed by atoms with Crippen molar-refractivity contribution in [2.45, 2.75) is 19.9 Å². The van der Waals surface area contributed by atoms with Gasteiger partial charge in [0, 0.05) is 30.7 Å². The van der Waals surface area contributed by atoms with E-state index in [1.807, 2.05) is 12.1 Å². The molecule has 0 bridgehead atoms. The van der Waals surface area contributed by atoms with Gasteiger partial charge >= 0.3 is 5.97 Å². The van der Waals surface area contributed by atoms with Gasteiger partial charge < -0.3 is 9.84 Å². The van der Waals surface area contributed by atoms with Gasteiger partial charge in [-0.25, -0.2) is 14.2 Å². The Morgan fingerprint density at radius 2 is 1.84 bits per heavy atom. The zero-order chi connectivity index (χ0) is 22.7. The van der Waals surface area contributed by atoms with Crippen molar-refractivity contribution in [3.8, 4) is 16.9 Å². The predicted octanol–water partition coefficient (Wildman–Crippen LogP) is 3.72. The average Bonchev–Trinajstić information content (AvgIpc) is 2.80. The van der Waals surface area contributed by atoms with E-state index in [-0.39, 0.29) is 30.0 Å². The number of aromatic nitrogens is 3. The van der Waals surface area contributed by atoms with Crippen LogP contribution in [0.4, 0.5) is 4.39 Å². The van der Waals surface area contributed by atoms with Crippen LogP contribution in [0.25, 0.3) is 22.2 Å². The molecule has 4 aromatic rings. The van der Waals surface area contributed by atoms with E-state index in [0.717, 1.165) is 5.56 Å². The molecule has 0 saturated carbocycles. The van der Waals surface area contributed by atoms with Crippen LogP contribution in [0, 0.1) is 5.82 Å². The number of benzene rings is 1. The fourth-order valence-corrected chi connectivity index (χ4v) is 3.50. The quantitative estimate of drug-likeness (QED) is 0.466. The fraction of sp³-hybridized carbons (Fsp3) is 0.167. The Labute approximate surface area is 182 Å². The standard InChI is InChI=1S/C24H20FN3O4/c1-2-32-24(31)20-21(29)19-13-17(16-3-5-18(25)6-4-16)14-27-22(19)28(23(20)30)12-9-15-7-10-26-11-8-15/h3-8,10-11,13-14,29H,2,9,12H2,1H3. The number of fused-ring (bicyclic) bond motifs is 1.